The van der Waals surface area contributed by atoms with E-state index in [9.17, 15) is 4.79 Å². The van der Waals surface area contributed by atoms with Crippen molar-refractivity contribution in [1.29, 1.82) is 0 Å². The van der Waals surface area contributed by atoms with E-state index in [1.807, 2.05) is 24.3 Å². The van der Waals surface area contributed by atoms with E-state index in [0.29, 0.717) is 6.42 Å². The summed E-state index contributed by atoms with van der Waals surface area (Å²) in [5.74, 6) is 0.249. The van der Waals surface area contributed by atoms with Crippen molar-refractivity contribution in [1.82, 2.24) is 0 Å². The van der Waals surface area contributed by atoms with Crippen molar-refractivity contribution in [3.05, 3.63) is 40.9 Å². The highest BCUT2D eigenvalue weighted by atomic mass is 35.5. The Hall–Kier alpha value is -1.58. The Kier molecular flexibility index (Phi) is 14.5. The molecule has 0 fully saturated rings. The lowest BCUT2D eigenvalue weighted by Gasteiger charge is -2.24. The van der Waals surface area contributed by atoms with E-state index < -0.39 is 0 Å². The number of anilines is 1. The molecule has 202 valence electrons. The van der Waals surface area contributed by atoms with Crippen molar-refractivity contribution in [3.8, 4) is 0 Å². The van der Waals surface area contributed by atoms with Gasteiger partial charge in [0.25, 0.3) is 0 Å². The monoisotopic (exact) mass is 515 g/mol. The molecule has 0 unspecified atom stereocenters. The lowest BCUT2D eigenvalue weighted by Crippen LogP contribution is -2.36. The van der Waals surface area contributed by atoms with E-state index in [-0.39, 0.29) is 5.78 Å². The average molecular weight is 516 g/mol. The molecule has 0 bridgehead atoms. The molecule has 0 spiro atoms. The van der Waals surface area contributed by atoms with Gasteiger partial charge in [0.1, 0.15) is 0 Å². The summed E-state index contributed by atoms with van der Waals surface area (Å²) >= 11 is 6.69. The number of hydrogen-bond acceptors (Lipinski definition) is 2. The number of halogens is 1. The van der Waals surface area contributed by atoms with Gasteiger partial charge in [-0.2, -0.15) is 0 Å². The fourth-order valence-corrected chi connectivity index (χ4v) is 5.13. The number of carbonyl (C=O) groups is 1. The van der Waals surface area contributed by atoms with E-state index >= 15 is 0 Å². The lowest BCUT2D eigenvalue weighted by atomic mass is 9.99. The summed E-state index contributed by atoms with van der Waals surface area (Å²) in [5.41, 5.74) is 1.78. The highest BCUT2D eigenvalue weighted by Gasteiger charge is 2.11. The normalized spacial score (nSPS) is 11.8. The SMILES string of the molecule is CCCCCCCCCCCCCCCC(=O)c1ccc2c(Cl)c(NCCC[N+](C)(C)C)ccc2c1. The summed E-state index contributed by atoms with van der Waals surface area (Å²) < 4.78 is 0.962. The topological polar surface area (TPSA) is 29.1 Å². The first-order valence-corrected chi connectivity index (χ1v) is 15.0. The van der Waals surface area contributed by atoms with Gasteiger partial charge in [-0.1, -0.05) is 114 Å². The van der Waals surface area contributed by atoms with Gasteiger partial charge >= 0.3 is 0 Å². The van der Waals surface area contributed by atoms with Gasteiger partial charge in [0.05, 0.1) is 38.4 Å². The van der Waals surface area contributed by atoms with Crippen LogP contribution in [0.5, 0.6) is 0 Å². The minimum atomic E-state index is 0.249. The molecule has 0 atom stereocenters. The van der Waals surface area contributed by atoms with E-state index in [2.05, 4.69) is 39.4 Å². The van der Waals surface area contributed by atoms with Gasteiger partial charge in [-0.05, 0) is 23.9 Å². The first kappa shape index (κ1) is 30.6. The second-order valence-electron chi connectivity index (χ2n) is 11.6. The van der Waals surface area contributed by atoms with Gasteiger partial charge in [-0.15, -0.1) is 0 Å². The fourth-order valence-electron chi connectivity index (χ4n) is 4.83. The van der Waals surface area contributed by atoms with Gasteiger partial charge < -0.3 is 9.80 Å². The largest absolute Gasteiger partial charge is 0.384 e. The Morgan fingerprint density at radius 1 is 0.778 bits per heavy atom. The van der Waals surface area contributed by atoms with Crippen LogP contribution in [-0.2, 0) is 0 Å². The fraction of sp³-hybridized carbons (Fsp3) is 0.656. The molecular formula is C32H52ClN2O+. The predicted octanol–water partition coefficient (Wildman–Crippen LogP) is 9.67. The molecular weight excluding hydrogens is 464 g/mol. The number of carbonyl (C=O) groups excluding carboxylic acids is 1. The zero-order valence-electron chi connectivity index (χ0n) is 23.6. The molecule has 36 heavy (non-hydrogen) atoms. The summed E-state index contributed by atoms with van der Waals surface area (Å²) in [5, 5.41) is 6.26. The molecule has 2 rings (SSSR count). The van der Waals surface area contributed by atoms with Crippen LogP contribution in [0, 0.1) is 0 Å². The average Bonchev–Trinajstić information content (AvgIpc) is 2.85. The second kappa shape index (κ2) is 17.0. The van der Waals surface area contributed by atoms with Gasteiger partial charge in [-0.25, -0.2) is 0 Å². The number of Topliss-reactive ketones (excluding diaryl/α,β-unsaturated/α-hetero) is 1. The Labute approximate surface area is 226 Å². The van der Waals surface area contributed by atoms with Crippen molar-refractivity contribution in [2.24, 2.45) is 0 Å². The summed E-state index contributed by atoms with van der Waals surface area (Å²) in [6.07, 6.45) is 18.9. The van der Waals surface area contributed by atoms with Crippen molar-refractivity contribution in [2.75, 3.05) is 39.5 Å². The van der Waals surface area contributed by atoms with Crippen molar-refractivity contribution >= 4 is 33.8 Å². The lowest BCUT2D eigenvalue weighted by molar-refractivity contribution is -0.870. The first-order chi connectivity index (χ1) is 17.3. The molecule has 0 saturated heterocycles. The van der Waals surface area contributed by atoms with Crippen LogP contribution < -0.4 is 5.32 Å². The molecule has 2 aromatic carbocycles. The number of rotatable bonds is 20. The molecule has 0 aliphatic carbocycles. The van der Waals surface area contributed by atoms with Crippen molar-refractivity contribution < 1.29 is 9.28 Å². The third kappa shape index (κ3) is 12.1. The second-order valence-corrected chi connectivity index (χ2v) is 12.0. The van der Waals surface area contributed by atoms with Crippen LogP contribution in [0.4, 0.5) is 5.69 Å². The van der Waals surface area contributed by atoms with Gasteiger partial charge in [0, 0.05) is 30.3 Å². The smallest absolute Gasteiger partial charge is 0.162 e. The molecule has 2 aromatic rings. The summed E-state index contributed by atoms with van der Waals surface area (Å²) in [6.45, 7) is 4.29. The molecule has 0 heterocycles. The van der Waals surface area contributed by atoms with Crippen LogP contribution in [0.1, 0.15) is 114 Å². The zero-order valence-corrected chi connectivity index (χ0v) is 24.4. The number of unbranched alkanes of at least 4 members (excludes halogenated alkanes) is 12. The molecule has 0 aromatic heterocycles. The molecule has 0 aliphatic heterocycles. The Bertz CT molecular complexity index is 903. The third-order valence-corrected chi connectivity index (χ3v) is 7.51. The Morgan fingerprint density at radius 3 is 1.94 bits per heavy atom. The van der Waals surface area contributed by atoms with Gasteiger partial charge in [0.2, 0.25) is 0 Å². The zero-order chi connectivity index (χ0) is 26.2. The molecule has 1 N–H and O–H groups in total. The quantitative estimate of drug-likeness (QED) is 0.108. The van der Waals surface area contributed by atoms with Crippen LogP contribution in [0.3, 0.4) is 0 Å². The summed E-state index contributed by atoms with van der Waals surface area (Å²) in [6, 6.07) is 10.1. The van der Waals surface area contributed by atoms with E-state index in [1.54, 1.807) is 0 Å². The number of hydrogen-bond donors (Lipinski definition) is 1. The Morgan fingerprint density at radius 2 is 1.36 bits per heavy atom. The van der Waals surface area contributed by atoms with Crippen LogP contribution in [0.15, 0.2) is 30.3 Å². The molecule has 4 heteroatoms. The number of benzene rings is 2. The van der Waals surface area contributed by atoms with Gasteiger partial charge in [-0.3, -0.25) is 4.79 Å². The van der Waals surface area contributed by atoms with Crippen LogP contribution in [0.2, 0.25) is 5.02 Å². The number of fused-ring (bicyclic) bond motifs is 1. The molecule has 0 saturated carbocycles. The maximum atomic E-state index is 12.8. The maximum absolute atomic E-state index is 12.8. The minimum Gasteiger partial charge on any atom is -0.384 e. The highest BCUT2D eigenvalue weighted by Crippen LogP contribution is 2.32. The number of nitrogens with one attached hydrogen (secondary N) is 1. The predicted molar refractivity (Wildman–Crippen MR) is 160 cm³/mol. The Balaban J connectivity index is 1.65. The van der Waals surface area contributed by atoms with Crippen LogP contribution in [-0.4, -0.2) is 44.5 Å². The molecule has 0 aliphatic rings. The van der Waals surface area contributed by atoms with Crippen molar-refractivity contribution in [2.45, 2.75) is 103 Å². The van der Waals surface area contributed by atoms with Gasteiger partial charge in [0.15, 0.2) is 5.78 Å². The first-order valence-electron chi connectivity index (χ1n) is 14.6. The molecule has 0 radical (unpaired) electrons. The number of nitrogens with zero attached hydrogens (tertiary/aromatic N) is 1. The van der Waals surface area contributed by atoms with E-state index in [1.165, 1.54) is 70.6 Å². The number of ketones is 1. The standard InChI is InChI=1S/C32H51ClN2O/c1-5-6-7-8-9-10-11-12-13-14-15-16-17-19-31(36)28-20-22-29-27(26-28)21-23-30(32(29)33)34-24-18-25-35(2,3)4/h20-23,26H,5-19,24-25H2,1-4H3/p+1. The minimum absolute atomic E-state index is 0.249. The summed E-state index contributed by atoms with van der Waals surface area (Å²) in [7, 11) is 6.63. The van der Waals surface area contributed by atoms with E-state index in [0.717, 1.165) is 63.9 Å². The van der Waals surface area contributed by atoms with Crippen LogP contribution in [0.25, 0.3) is 10.8 Å². The number of quaternary nitrogens is 1. The maximum Gasteiger partial charge on any atom is 0.162 e. The van der Waals surface area contributed by atoms with Crippen molar-refractivity contribution in [3.63, 3.8) is 0 Å². The van der Waals surface area contributed by atoms with E-state index in [4.69, 9.17) is 11.6 Å². The third-order valence-electron chi connectivity index (χ3n) is 7.10. The molecule has 0 amide bonds. The van der Waals surface area contributed by atoms with Crippen LogP contribution >= 0.6 is 11.6 Å². The highest BCUT2D eigenvalue weighted by molar-refractivity contribution is 6.38. The summed E-state index contributed by atoms with van der Waals surface area (Å²) in [4.78, 5) is 12.8. The molecule has 3 nitrogen and oxygen atoms in total.